The summed E-state index contributed by atoms with van der Waals surface area (Å²) < 4.78 is 1.72. The second-order valence-corrected chi connectivity index (χ2v) is 6.91. The van der Waals surface area contributed by atoms with Crippen LogP contribution in [0.4, 0.5) is 10.5 Å². The summed E-state index contributed by atoms with van der Waals surface area (Å²) in [6.07, 6.45) is 1.86. The zero-order valence-electron chi connectivity index (χ0n) is 15.8. The second kappa shape index (κ2) is 7.30. The number of amides is 3. The molecular weight excluding hydrogens is 356 g/mol. The van der Waals surface area contributed by atoms with Gasteiger partial charge in [0.1, 0.15) is 0 Å². The van der Waals surface area contributed by atoms with Crippen LogP contribution in [0.3, 0.4) is 0 Å². The molecule has 144 valence electrons. The number of carbonyl (C=O) groups is 2. The van der Waals surface area contributed by atoms with Crippen LogP contribution in [0.1, 0.15) is 23.7 Å². The Hall–Kier alpha value is -3.42. The monoisotopic (exact) mass is 378 g/mol. The van der Waals surface area contributed by atoms with Gasteiger partial charge in [0.2, 0.25) is 5.91 Å². The predicted molar refractivity (Wildman–Crippen MR) is 106 cm³/mol. The number of benzene rings is 1. The fourth-order valence-electron chi connectivity index (χ4n) is 3.62. The van der Waals surface area contributed by atoms with Gasteiger partial charge in [-0.2, -0.15) is 5.10 Å². The highest BCUT2D eigenvalue weighted by molar-refractivity contribution is 5.93. The van der Waals surface area contributed by atoms with Crippen molar-refractivity contribution in [1.29, 1.82) is 0 Å². The molecule has 1 unspecified atom stereocenters. The summed E-state index contributed by atoms with van der Waals surface area (Å²) in [5.41, 5.74) is 3.16. The molecule has 0 radical (unpaired) electrons. The maximum absolute atomic E-state index is 13.1. The van der Waals surface area contributed by atoms with Gasteiger partial charge in [0.15, 0.2) is 5.65 Å². The number of rotatable bonds is 2. The lowest BCUT2D eigenvalue weighted by Crippen LogP contribution is -2.39. The van der Waals surface area contributed by atoms with E-state index in [0.29, 0.717) is 18.8 Å². The molecule has 1 atom stereocenters. The Balaban J connectivity index is 1.61. The van der Waals surface area contributed by atoms with Crippen molar-refractivity contribution in [2.24, 2.45) is 7.05 Å². The maximum Gasteiger partial charge on any atom is 0.322 e. The van der Waals surface area contributed by atoms with Crippen LogP contribution < -0.4 is 10.6 Å². The molecule has 2 N–H and O–H groups in total. The zero-order valence-corrected chi connectivity index (χ0v) is 15.8. The third-order valence-electron chi connectivity index (χ3n) is 4.99. The standard InChI is InChI=1S/C20H22N6O2/c1-13-16-10-15(12-22-19(16)25(2)24-13)23-20(28)26-9-8-21-18(27)11-17(26)14-6-4-3-5-7-14/h3-7,10,12,17H,8-9,11H2,1-2H3,(H,21,27)(H,23,28). The third kappa shape index (κ3) is 3.40. The van der Waals surface area contributed by atoms with E-state index in [0.717, 1.165) is 22.3 Å². The average molecular weight is 378 g/mol. The van der Waals surface area contributed by atoms with Crippen LogP contribution in [0.15, 0.2) is 42.6 Å². The second-order valence-electron chi connectivity index (χ2n) is 6.91. The van der Waals surface area contributed by atoms with E-state index in [-0.39, 0.29) is 24.4 Å². The molecule has 1 aliphatic rings. The Bertz CT molecular complexity index is 1030. The first-order chi connectivity index (χ1) is 13.5. The molecule has 0 saturated carbocycles. The molecule has 2 aromatic heterocycles. The Morgan fingerprint density at radius 1 is 1.29 bits per heavy atom. The smallest absolute Gasteiger partial charge is 0.322 e. The Morgan fingerprint density at radius 3 is 2.86 bits per heavy atom. The van der Waals surface area contributed by atoms with E-state index in [2.05, 4.69) is 20.7 Å². The van der Waals surface area contributed by atoms with Crippen LogP contribution >= 0.6 is 0 Å². The number of carbonyl (C=O) groups excluding carboxylic acids is 2. The van der Waals surface area contributed by atoms with Crippen molar-refractivity contribution < 1.29 is 9.59 Å². The Labute approximate surface area is 162 Å². The largest absolute Gasteiger partial charge is 0.354 e. The molecule has 1 aromatic carbocycles. The number of nitrogens with zero attached hydrogens (tertiary/aromatic N) is 4. The molecule has 1 fully saturated rings. The average Bonchev–Trinajstić information content (AvgIpc) is 2.85. The molecule has 8 nitrogen and oxygen atoms in total. The fraction of sp³-hybridized carbons (Fsp3) is 0.300. The summed E-state index contributed by atoms with van der Waals surface area (Å²) in [4.78, 5) is 31.3. The van der Waals surface area contributed by atoms with Crippen molar-refractivity contribution in [3.8, 4) is 0 Å². The number of urea groups is 1. The molecule has 3 heterocycles. The van der Waals surface area contributed by atoms with E-state index >= 15 is 0 Å². The molecule has 28 heavy (non-hydrogen) atoms. The van der Waals surface area contributed by atoms with Gasteiger partial charge in [-0.1, -0.05) is 30.3 Å². The molecule has 0 aliphatic carbocycles. The highest BCUT2D eigenvalue weighted by atomic mass is 16.2. The lowest BCUT2D eigenvalue weighted by atomic mass is 10.0. The van der Waals surface area contributed by atoms with Gasteiger partial charge in [0.05, 0.1) is 30.0 Å². The quantitative estimate of drug-likeness (QED) is 0.716. The van der Waals surface area contributed by atoms with Gasteiger partial charge in [0, 0.05) is 25.5 Å². The van der Waals surface area contributed by atoms with E-state index in [1.165, 1.54) is 0 Å². The van der Waals surface area contributed by atoms with Crippen LogP contribution in [0.2, 0.25) is 0 Å². The normalized spacial score (nSPS) is 17.3. The van der Waals surface area contributed by atoms with Gasteiger partial charge in [-0.25, -0.2) is 9.78 Å². The number of nitrogens with one attached hydrogen (secondary N) is 2. The predicted octanol–water partition coefficient (Wildman–Crippen LogP) is 2.37. The lowest BCUT2D eigenvalue weighted by Gasteiger charge is -2.29. The van der Waals surface area contributed by atoms with E-state index in [1.54, 1.807) is 15.8 Å². The molecule has 8 heteroatoms. The fourth-order valence-corrected chi connectivity index (χ4v) is 3.62. The van der Waals surface area contributed by atoms with Crippen LogP contribution in [-0.4, -0.2) is 44.7 Å². The summed E-state index contributed by atoms with van der Waals surface area (Å²) in [5.74, 6) is -0.0572. The number of aromatic nitrogens is 3. The number of fused-ring (bicyclic) bond motifs is 1. The van der Waals surface area contributed by atoms with Crippen molar-refractivity contribution in [3.05, 3.63) is 53.9 Å². The molecule has 1 saturated heterocycles. The highest BCUT2D eigenvalue weighted by Gasteiger charge is 2.30. The molecule has 4 rings (SSSR count). The molecule has 3 amide bonds. The minimum Gasteiger partial charge on any atom is -0.354 e. The number of anilines is 1. The molecule has 0 spiro atoms. The van der Waals surface area contributed by atoms with Crippen LogP contribution in [0.5, 0.6) is 0 Å². The molecule has 3 aromatic rings. The number of pyridine rings is 1. The summed E-state index contributed by atoms with van der Waals surface area (Å²) >= 11 is 0. The summed E-state index contributed by atoms with van der Waals surface area (Å²) in [7, 11) is 1.84. The third-order valence-corrected chi connectivity index (χ3v) is 4.99. The van der Waals surface area contributed by atoms with Gasteiger partial charge >= 0.3 is 6.03 Å². The first-order valence-electron chi connectivity index (χ1n) is 9.21. The van der Waals surface area contributed by atoms with E-state index < -0.39 is 0 Å². The van der Waals surface area contributed by atoms with E-state index in [4.69, 9.17) is 0 Å². The van der Waals surface area contributed by atoms with E-state index in [1.807, 2.05) is 50.4 Å². The van der Waals surface area contributed by atoms with Crippen LogP contribution in [0, 0.1) is 6.92 Å². The minimum absolute atomic E-state index is 0.0572. The van der Waals surface area contributed by atoms with Gasteiger partial charge in [-0.05, 0) is 18.6 Å². The van der Waals surface area contributed by atoms with Crippen molar-refractivity contribution in [3.63, 3.8) is 0 Å². The molecule has 1 aliphatic heterocycles. The van der Waals surface area contributed by atoms with E-state index in [9.17, 15) is 9.59 Å². The Morgan fingerprint density at radius 2 is 2.07 bits per heavy atom. The van der Waals surface area contributed by atoms with Gasteiger partial charge < -0.3 is 15.5 Å². The number of hydrogen-bond acceptors (Lipinski definition) is 4. The first kappa shape index (κ1) is 18.0. The zero-order chi connectivity index (χ0) is 19.7. The van der Waals surface area contributed by atoms with Crippen molar-refractivity contribution in [1.82, 2.24) is 25.0 Å². The first-order valence-corrected chi connectivity index (χ1v) is 9.21. The van der Waals surface area contributed by atoms with Crippen molar-refractivity contribution in [2.75, 3.05) is 18.4 Å². The highest BCUT2D eigenvalue weighted by Crippen LogP contribution is 2.27. The van der Waals surface area contributed by atoms with Crippen LogP contribution in [-0.2, 0) is 11.8 Å². The van der Waals surface area contributed by atoms with Crippen molar-refractivity contribution in [2.45, 2.75) is 19.4 Å². The molecular formula is C20H22N6O2. The summed E-state index contributed by atoms with van der Waals surface area (Å²) in [5, 5.41) is 11.0. The van der Waals surface area contributed by atoms with Crippen LogP contribution in [0.25, 0.3) is 11.0 Å². The molecule has 0 bridgehead atoms. The van der Waals surface area contributed by atoms with Gasteiger partial charge in [-0.3, -0.25) is 9.48 Å². The summed E-state index contributed by atoms with van der Waals surface area (Å²) in [6, 6.07) is 10.9. The number of hydrogen-bond donors (Lipinski definition) is 2. The number of aryl methyl sites for hydroxylation is 2. The Kier molecular flexibility index (Phi) is 4.68. The van der Waals surface area contributed by atoms with Gasteiger partial charge in [-0.15, -0.1) is 0 Å². The summed E-state index contributed by atoms with van der Waals surface area (Å²) in [6.45, 7) is 2.76. The topological polar surface area (TPSA) is 92.2 Å². The maximum atomic E-state index is 13.1. The lowest BCUT2D eigenvalue weighted by molar-refractivity contribution is -0.121. The van der Waals surface area contributed by atoms with Gasteiger partial charge in [0.25, 0.3) is 0 Å². The SMILES string of the molecule is Cc1nn(C)c2ncc(NC(=O)N3CCNC(=O)CC3c3ccccc3)cc12. The van der Waals surface area contributed by atoms with Crippen molar-refractivity contribution >= 4 is 28.7 Å². The minimum atomic E-state index is -0.319.